The van der Waals surface area contributed by atoms with Gasteiger partial charge >= 0.3 is 0 Å². The SMILES string of the molecule is CC1=C(C)C(NS(=O)(=O)c2ccccc2)=C(Cl)C(Cl)C1=O. The van der Waals surface area contributed by atoms with E-state index in [1.165, 1.54) is 12.1 Å². The van der Waals surface area contributed by atoms with Gasteiger partial charge in [0, 0.05) is 0 Å². The van der Waals surface area contributed by atoms with Gasteiger partial charge in [0.25, 0.3) is 10.0 Å². The van der Waals surface area contributed by atoms with Gasteiger partial charge in [-0.1, -0.05) is 29.8 Å². The number of ketones is 1. The van der Waals surface area contributed by atoms with E-state index in [9.17, 15) is 13.2 Å². The summed E-state index contributed by atoms with van der Waals surface area (Å²) >= 11 is 12.0. The lowest BCUT2D eigenvalue weighted by atomic mass is 9.96. The van der Waals surface area contributed by atoms with Crippen LogP contribution in [0.5, 0.6) is 0 Å². The fourth-order valence-corrected chi connectivity index (χ4v) is 3.68. The van der Waals surface area contributed by atoms with Crippen LogP contribution in [0.4, 0.5) is 0 Å². The summed E-state index contributed by atoms with van der Waals surface area (Å²) in [7, 11) is -3.79. The Kier molecular flexibility index (Phi) is 4.46. The molecular formula is C14H13Cl2NO3S. The number of carbonyl (C=O) groups is 1. The molecule has 1 aromatic carbocycles. The molecule has 1 atom stereocenters. The van der Waals surface area contributed by atoms with Crippen molar-refractivity contribution in [1.82, 2.24) is 4.72 Å². The molecule has 2 rings (SSSR count). The number of halogens is 2. The molecule has 0 radical (unpaired) electrons. The van der Waals surface area contributed by atoms with Gasteiger partial charge in [-0.25, -0.2) is 8.42 Å². The Hall–Kier alpha value is -1.30. The van der Waals surface area contributed by atoms with Crippen molar-refractivity contribution in [2.75, 3.05) is 0 Å². The van der Waals surface area contributed by atoms with Crippen molar-refractivity contribution in [1.29, 1.82) is 0 Å². The summed E-state index contributed by atoms with van der Waals surface area (Å²) in [5.74, 6) is -0.318. The van der Waals surface area contributed by atoms with Crippen LogP contribution >= 0.6 is 23.2 Å². The van der Waals surface area contributed by atoms with E-state index in [-0.39, 0.29) is 21.4 Å². The quantitative estimate of drug-likeness (QED) is 0.856. The number of hydrogen-bond acceptors (Lipinski definition) is 3. The molecule has 0 aliphatic heterocycles. The third kappa shape index (κ3) is 3.00. The van der Waals surface area contributed by atoms with Gasteiger partial charge in [-0.05, 0) is 37.1 Å². The first-order chi connectivity index (χ1) is 9.75. The van der Waals surface area contributed by atoms with Crippen LogP contribution < -0.4 is 4.72 Å². The minimum atomic E-state index is -3.79. The zero-order valence-electron chi connectivity index (χ0n) is 11.4. The van der Waals surface area contributed by atoms with Crippen LogP contribution in [-0.2, 0) is 14.8 Å². The highest BCUT2D eigenvalue weighted by Crippen LogP contribution is 2.32. The number of sulfonamides is 1. The second-order valence-electron chi connectivity index (χ2n) is 4.62. The third-order valence-corrected chi connectivity index (χ3v) is 5.59. The molecule has 7 heteroatoms. The Morgan fingerprint density at radius 3 is 2.24 bits per heavy atom. The highest BCUT2D eigenvalue weighted by molar-refractivity contribution is 7.89. The molecule has 0 saturated carbocycles. The van der Waals surface area contributed by atoms with E-state index in [1.54, 1.807) is 32.0 Å². The monoisotopic (exact) mass is 345 g/mol. The van der Waals surface area contributed by atoms with Crippen molar-refractivity contribution in [3.05, 3.63) is 52.2 Å². The Morgan fingerprint density at radius 1 is 1.10 bits per heavy atom. The zero-order chi connectivity index (χ0) is 15.8. The lowest BCUT2D eigenvalue weighted by molar-refractivity contribution is -0.114. The van der Waals surface area contributed by atoms with Crippen LogP contribution in [0.15, 0.2) is 57.1 Å². The van der Waals surface area contributed by atoms with Gasteiger partial charge in [0.1, 0.15) is 5.38 Å². The second kappa shape index (κ2) is 5.83. The second-order valence-corrected chi connectivity index (χ2v) is 7.14. The molecule has 1 aliphatic rings. The van der Waals surface area contributed by atoms with Crippen LogP contribution in [0, 0.1) is 0 Å². The summed E-state index contributed by atoms with van der Waals surface area (Å²) in [6.45, 7) is 3.22. The first kappa shape index (κ1) is 16.1. The summed E-state index contributed by atoms with van der Waals surface area (Å²) in [6.07, 6.45) is 0. The molecule has 4 nitrogen and oxygen atoms in total. The van der Waals surface area contributed by atoms with Crippen molar-refractivity contribution in [3.8, 4) is 0 Å². The van der Waals surface area contributed by atoms with Gasteiger partial charge in [-0.2, -0.15) is 0 Å². The topological polar surface area (TPSA) is 63.2 Å². The maximum absolute atomic E-state index is 12.3. The molecule has 1 N–H and O–H groups in total. The third-order valence-electron chi connectivity index (χ3n) is 3.29. The molecule has 0 spiro atoms. The van der Waals surface area contributed by atoms with Crippen LogP contribution in [0.1, 0.15) is 13.8 Å². The van der Waals surface area contributed by atoms with Gasteiger partial charge in [-0.15, -0.1) is 11.6 Å². The van der Waals surface area contributed by atoms with E-state index < -0.39 is 15.4 Å². The van der Waals surface area contributed by atoms with Crippen LogP contribution in [-0.4, -0.2) is 19.6 Å². The number of rotatable bonds is 3. The van der Waals surface area contributed by atoms with Crippen molar-refractivity contribution in [2.45, 2.75) is 24.1 Å². The predicted molar refractivity (Wildman–Crippen MR) is 82.7 cm³/mol. The number of Topliss-reactive ketones (excluding diaryl/α,β-unsaturated/α-hetero) is 1. The Morgan fingerprint density at radius 2 is 1.67 bits per heavy atom. The summed E-state index contributed by atoms with van der Waals surface area (Å²) in [5, 5.41) is -1.08. The van der Waals surface area contributed by atoms with E-state index in [0.29, 0.717) is 11.1 Å². The van der Waals surface area contributed by atoms with Gasteiger partial charge < -0.3 is 0 Å². The van der Waals surface area contributed by atoms with Crippen LogP contribution in [0.2, 0.25) is 0 Å². The van der Waals surface area contributed by atoms with Crippen LogP contribution in [0.3, 0.4) is 0 Å². The number of nitrogens with one attached hydrogen (secondary N) is 1. The number of benzene rings is 1. The van der Waals surface area contributed by atoms with E-state index >= 15 is 0 Å². The first-order valence-electron chi connectivity index (χ1n) is 6.09. The molecule has 1 aliphatic carbocycles. The van der Waals surface area contributed by atoms with E-state index in [4.69, 9.17) is 23.2 Å². The average Bonchev–Trinajstić information content (AvgIpc) is 2.48. The predicted octanol–water partition coefficient (Wildman–Crippen LogP) is 2.94. The smallest absolute Gasteiger partial charge is 0.261 e. The van der Waals surface area contributed by atoms with Gasteiger partial charge in [0.2, 0.25) is 0 Å². The molecule has 1 unspecified atom stereocenters. The molecule has 0 saturated heterocycles. The molecule has 1 aromatic rings. The normalized spacial score (nSPS) is 20.0. The standard InChI is InChI=1S/C14H13Cl2NO3S/c1-8-9(2)14(18)12(16)11(15)13(8)17-21(19,20)10-6-4-3-5-7-10/h3-7,12,17H,1-2H3. The fraction of sp³-hybridized carbons (Fsp3) is 0.214. The summed E-state index contributed by atoms with van der Waals surface area (Å²) in [6, 6.07) is 7.89. The molecule has 21 heavy (non-hydrogen) atoms. The molecule has 0 bridgehead atoms. The lowest BCUT2D eigenvalue weighted by Crippen LogP contribution is -2.31. The highest BCUT2D eigenvalue weighted by Gasteiger charge is 2.32. The van der Waals surface area contributed by atoms with Gasteiger partial charge in [-0.3, -0.25) is 9.52 Å². The van der Waals surface area contributed by atoms with Gasteiger partial charge in [0.05, 0.1) is 15.6 Å². The molecule has 0 fully saturated rings. The van der Waals surface area contributed by atoms with Crippen molar-refractivity contribution in [2.24, 2.45) is 0 Å². The minimum Gasteiger partial charge on any atom is -0.292 e. The van der Waals surface area contributed by atoms with E-state index in [0.717, 1.165) is 0 Å². The maximum atomic E-state index is 12.3. The maximum Gasteiger partial charge on any atom is 0.261 e. The Balaban J connectivity index is 2.46. The molecule has 0 aromatic heterocycles. The number of hydrogen-bond donors (Lipinski definition) is 1. The summed E-state index contributed by atoms with van der Waals surface area (Å²) in [4.78, 5) is 11.9. The molecule has 112 valence electrons. The van der Waals surface area contributed by atoms with E-state index in [2.05, 4.69) is 4.72 Å². The number of carbonyl (C=O) groups excluding carboxylic acids is 1. The van der Waals surface area contributed by atoms with Crippen LogP contribution in [0.25, 0.3) is 0 Å². The highest BCUT2D eigenvalue weighted by atomic mass is 35.5. The molecule has 0 amide bonds. The Labute approximate surface area is 133 Å². The fourth-order valence-electron chi connectivity index (χ4n) is 1.90. The van der Waals surface area contributed by atoms with Crippen molar-refractivity contribution < 1.29 is 13.2 Å². The first-order valence-corrected chi connectivity index (χ1v) is 8.39. The number of allylic oxidation sites excluding steroid dienone is 3. The van der Waals surface area contributed by atoms with Crippen molar-refractivity contribution >= 4 is 39.0 Å². The lowest BCUT2D eigenvalue weighted by Gasteiger charge is -2.23. The molecule has 0 heterocycles. The van der Waals surface area contributed by atoms with Crippen molar-refractivity contribution in [3.63, 3.8) is 0 Å². The average molecular weight is 346 g/mol. The largest absolute Gasteiger partial charge is 0.292 e. The van der Waals surface area contributed by atoms with E-state index in [1.807, 2.05) is 0 Å². The number of alkyl halides is 1. The van der Waals surface area contributed by atoms with Gasteiger partial charge in [0.15, 0.2) is 5.78 Å². The summed E-state index contributed by atoms with van der Waals surface area (Å²) in [5.41, 5.74) is 1.03. The Bertz CT molecular complexity index is 752. The minimum absolute atomic E-state index is 0.00993. The zero-order valence-corrected chi connectivity index (χ0v) is 13.7. The molecular weight excluding hydrogens is 333 g/mol. The summed E-state index contributed by atoms with van der Waals surface area (Å²) < 4.78 is 27.1.